The monoisotopic (exact) mass is 214 g/mol. The second-order valence-electron chi connectivity index (χ2n) is 5.25. The van der Waals surface area contributed by atoms with E-state index in [9.17, 15) is 0 Å². The molecule has 1 fully saturated rings. The summed E-state index contributed by atoms with van der Waals surface area (Å²) in [6.45, 7) is 8.69. The highest BCUT2D eigenvalue weighted by Crippen LogP contribution is 2.12. The van der Waals surface area contributed by atoms with E-state index in [1.807, 2.05) is 0 Å². The minimum absolute atomic E-state index is 0.598. The van der Waals surface area contributed by atoms with Crippen molar-refractivity contribution in [2.24, 2.45) is 11.8 Å². The van der Waals surface area contributed by atoms with E-state index in [2.05, 4.69) is 38.2 Å². The zero-order valence-corrected chi connectivity index (χ0v) is 10.6. The topological polar surface area (TPSA) is 24.5 Å². The van der Waals surface area contributed by atoms with Crippen LogP contribution in [0.15, 0.2) is 0 Å². The molecule has 0 aromatic rings. The molecular weight excluding hydrogens is 188 g/mol. The standard InChI is InChI=1S/C12H26N2O/c1-10(2)12(8-14(3)4)13-7-11-5-6-15-9-11/h10-13H,5-9H2,1-4H3. The van der Waals surface area contributed by atoms with Crippen LogP contribution in [0.2, 0.25) is 0 Å². The van der Waals surface area contributed by atoms with Gasteiger partial charge in [-0.25, -0.2) is 0 Å². The summed E-state index contributed by atoms with van der Waals surface area (Å²) in [6, 6.07) is 0.598. The zero-order valence-electron chi connectivity index (χ0n) is 10.6. The first kappa shape index (κ1) is 12.9. The maximum atomic E-state index is 5.38. The highest BCUT2D eigenvalue weighted by atomic mass is 16.5. The lowest BCUT2D eigenvalue weighted by Crippen LogP contribution is -2.44. The van der Waals surface area contributed by atoms with Gasteiger partial charge in [0, 0.05) is 25.7 Å². The quantitative estimate of drug-likeness (QED) is 0.719. The molecule has 0 amide bonds. The van der Waals surface area contributed by atoms with Gasteiger partial charge >= 0.3 is 0 Å². The number of hydrogen-bond acceptors (Lipinski definition) is 3. The van der Waals surface area contributed by atoms with Gasteiger partial charge in [0.25, 0.3) is 0 Å². The van der Waals surface area contributed by atoms with Crippen LogP contribution in [0.25, 0.3) is 0 Å². The molecule has 3 nitrogen and oxygen atoms in total. The first-order valence-electron chi connectivity index (χ1n) is 6.05. The number of hydrogen-bond donors (Lipinski definition) is 1. The van der Waals surface area contributed by atoms with Crippen molar-refractivity contribution in [3.8, 4) is 0 Å². The van der Waals surface area contributed by atoms with Gasteiger partial charge in [0.15, 0.2) is 0 Å². The van der Waals surface area contributed by atoms with E-state index in [0.717, 1.165) is 32.2 Å². The first-order valence-corrected chi connectivity index (χ1v) is 6.05. The summed E-state index contributed by atoms with van der Waals surface area (Å²) in [7, 11) is 4.27. The lowest BCUT2D eigenvalue weighted by Gasteiger charge is -2.26. The highest BCUT2D eigenvalue weighted by Gasteiger charge is 2.19. The molecule has 1 N–H and O–H groups in total. The van der Waals surface area contributed by atoms with Crippen molar-refractivity contribution in [2.45, 2.75) is 26.3 Å². The molecule has 0 aromatic carbocycles. The van der Waals surface area contributed by atoms with Crippen LogP contribution in [0.1, 0.15) is 20.3 Å². The molecule has 0 spiro atoms. The van der Waals surface area contributed by atoms with Crippen LogP contribution < -0.4 is 5.32 Å². The lowest BCUT2D eigenvalue weighted by atomic mass is 10.0. The van der Waals surface area contributed by atoms with E-state index in [0.29, 0.717) is 12.0 Å². The average molecular weight is 214 g/mol. The van der Waals surface area contributed by atoms with Crippen molar-refractivity contribution in [1.29, 1.82) is 0 Å². The van der Waals surface area contributed by atoms with E-state index >= 15 is 0 Å². The van der Waals surface area contributed by atoms with Gasteiger partial charge in [-0.3, -0.25) is 0 Å². The molecule has 0 aromatic heterocycles. The lowest BCUT2D eigenvalue weighted by molar-refractivity contribution is 0.182. The highest BCUT2D eigenvalue weighted by molar-refractivity contribution is 4.76. The Morgan fingerprint density at radius 2 is 2.13 bits per heavy atom. The third kappa shape index (κ3) is 4.96. The Hall–Kier alpha value is -0.120. The van der Waals surface area contributed by atoms with Gasteiger partial charge in [-0.15, -0.1) is 0 Å². The van der Waals surface area contributed by atoms with Crippen molar-refractivity contribution >= 4 is 0 Å². The Bertz CT molecular complexity index is 165. The second kappa shape index (κ2) is 6.46. The number of nitrogens with zero attached hydrogens (tertiary/aromatic N) is 1. The largest absolute Gasteiger partial charge is 0.381 e. The maximum absolute atomic E-state index is 5.38. The Labute approximate surface area is 94.2 Å². The Morgan fingerprint density at radius 3 is 2.60 bits per heavy atom. The fraction of sp³-hybridized carbons (Fsp3) is 1.00. The van der Waals surface area contributed by atoms with Crippen molar-refractivity contribution in [2.75, 3.05) is 40.4 Å². The molecule has 2 unspecified atom stereocenters. The number of nitrogens with one attached hydrogen (secondary N) is 1. The van der Waals surface area contributed by atoms with Crippen LogP contribution in [0.3, 0.4) is 0 Å². The van der Waals surface area contributed by atoms with Gasteiger partial charge in [-0.1, -0.05) is 13.8 Å². The first-order chi connectivity index (χ1) is 7.09. The summed E-state index contributed by atoms with van der Waals surface area (Å²) in [5.74, 6) is 1.42. The molecule has 1 rings (SSSR count). The molecule has 3 heteroatoms. The molecule has 15 heavy (non-hydrogen) atoms. The molecule has 90 valence electrons. The maximum Gasteiger partial charge on any atom is 0.0507 e. The van der Waals surface area contributed by atoms with E-state index in [1.165, 1.54) is 6.42 Å². The number of likely N-dealkylation sites (N-methyl/N-ethyl adjacent to an activating group) is 1. The zero-order chi connectivity index (χ0) is 11.3. The van der Waals surface area contributed by atoms with Crippen LogP contribution in [0.4, 0.5) is 0 Å². The minimum Gasteiger partial charge on any atom is -0.381 e. The summed E-state index contributed by atoms with van der Waals surface area (Å²) in [4.78, 5) is 2.25. The normalized spacial score (nSPS) is 24.0. The summed E-state index contributed by atoms with van der Waals surface area (Å²) in [5, 5.41) is 3.67. The van der Waals surface area contributed by atoms with Crippen LogP contribution in [0.5, 0.6) is 0 Å². The summed E-state index contributed by atoms with van der Waals surface area (Å²) in [6.07, 6.45) is 1.22. The van der Waals surface area contributed by atoms with Crippen molar-refractivity contribution in [1.82, 2.24) is 10.2 Å². The molecule has 1 aliphatic rings. The van der Waals surface area contributed by atoms with Gasteiger partial charge in [-0.05, 0) is 32.4 Å². The molecule has 0 bridgehead atoms. The van der Waals surface area contributed by atoms with Gasteiger partial charge in [0.05, 0.1) is 6.61 Å². The summed E-state index contributed by atoms with van der Waals surface area (Å²) >= 11 is 0. The molecule has 0 aliphatic carbocycles. The smallest absolute Gasteiger partial charge is 0.0507 e. The van der Waals surface area contributed by atoms with Gasteiger partial charge in [-0.2, -0.15) is 0 Å². The van der Waals surface area contributed by atoms with E-state index in [4.69, 9.17) is 4.74 Å². The minimum atomic E-state index is 0.598. The second-order valence-corrected chi connectivity index (χ2v) is 5.25. The molecule has 2 atom stereocenters. The van der Waals surface area contributed by atoms with Gasteiger partial charge in [0.1, 0.15) is 0 Å². The van der Waals surface area contributed by atoms with E-state index < -0.39 is 0 Å². The van der Waals surface area contributed by atoms with Crippen molar-refractivity contribution in [3.63, 3.8) is 0 Å². The van der Waals surface area contributed by atoms with Gasteiger partial charge < -0.3 is 15.0 Å². The van der Waals surface area contributed by atoms with Crippen LogP contribution in [0, 0.1) is 11.8 Å². The third-order valence-electron chi connectivity index (χ3n) is 3.06. The molecule has 1 saturated heterocycles. The number of ether oxygens (including phenoxy) is 1. The summed E-state index contributed by atoms with van der Waals surface area (Å²) < 4.78 is 5.38. The van der Waals surface area contributed by atoms with Crippen LogP contribution in [-0.4, -0.2) is 51.3 Å². The predicted molar refractivity (Wildman–Crippen MR) is 64.1 cm³/mol. The number of rotatable bonds is 6. The fourth-order valence-electron chi connectivity index (χ4n) is 1.97. The Balaban J connectivity index is 2.24. The average Bonchev–Trinajstić information content (AvgIpc) is 2.63. The molecule has 1 heterocycles. The molecule has 0 radical (unpaired) electrons. The van der Waals surface area contributed by atoms with Crippen LogP contribution in [-0.2, 0) is 4.74 Å². The Morgan fingerprint density at radius 1 is 1.40 bits per heavy atom. The van der Waals surface area contributed by atoms with Crippen molar-refractivity contribution in [3.05, 3.63) is 0 Å². The Kier molecular flexibility index (Phi) is 5.58. The van der Waals surface area contributed by atoms with Crippen LogP contribution >= 0.6 is 0 Å². The van der Waals surface area contributed by atoms with E-state index in [-0.39, 0.29) is 0 Å². The molecular formula is C12H26N2O. The SMILES string of the molecule is CC(C)C(CN(C)C)NCC1CCOC1. The predicted octanol–water partition coefficient (Wildman–Crippen LogP) is 1.20. The summed E-state index contributed by atoms with van der Waals surface area (Å²) in [5.41, 5.74) is 0. The molecule has 0 saturated carbocycles. The van der Waals surface area contributed by atoms with E-state index in [1.54, 1.807) is 0 Å². The van der Waals surface area contributed by atoms with Gasteiger partial charge in [0.2, 0.25) is 0 Å². The third-order valence-corrected chi connectivity index (χ3v) is 3.06. The fourth-order valence-corrected chi connectivity index (χ4v) is 1.97. The van der Waals surface area contributed by atoms with Crippen molar-refractivity contribution < 1.29 is 4.74 Å². The molecule has 1 aliphatic heterocycles.